The van der Waals surface area contributed by atoms with Gasteiger partial charge in [-0.1, -0.05) is 24.3 Å². The number of hydrogen-bond donors (Lipinski definition) is 0. The highest BCUT2D eigenvalue weighted by Crippen LogP contribution is 2.27. The maximum absolute atomic E-state index is 13.1. The number of hydrogen-bond acceptors (Lipinski definition) is 3. The van der Waals surface area contributed by atoms with Crippen molar-refractivity contribution in [3.8, 4) is 0 Å². The van der Waals surface area contributed by atoms with Gasteiger partial charge in [0.25, 0.3) is 5.69 Å². The predicted octanol–water partition coefficient (Wildman–Crippen LogP) is 3.37. The third kappa shape index (κ3) is 3.07. The second-order valence-electron chi connectivity index (χ2n) is 4.23. The zero-order chi connectivity index (χ0) is 13.8. The van der Waals surface area contributed by atoms with Crippen LogP contribution in [-0.4, -0.2) is 12.0 Å². The maximum Gasteiger partial charge on any atom is 0.292 e. The molecule has 0 saturated carbocycles. The standard InChI is InChI=1S/C14H13FN2O2/c1-16(10-11-5-4-6-12(15)9-11)13-7-2-3-8-14(13)17(18)19/h2-9H,10H2,1H3. The Kier molecular flexibility index (Phi) is 3.75. The van der Waals surface area contributed by atoms with Crippen LogP contribution in [-0.2, 0) is 6.54 Å². The van der Waals surface area contributed by atoms with E-state index < -0.39 is 4.92 Å². The molecule has 98 valence electrons. The van der Waals surface area contributed by atoms with E-state index in [1.165, 1.54) is 18.2 Å². The van der Waals surface area contributed by atoms with Crippen LogP contribution in [0.2, 0.25) is 0 Å². The molecule has 2 aromatic carbocycles. The number of nitro benzene ring substituents is 1. The smallest absolute Gasteiger partial charge is 0.292 e. The lowest BCUT2D eigenvalue weighted by Gasteiger charge is -2.19. The van der Waals surface area contributed by atoms with Crippen molar-refractivity contribution in [2.75, 3.05) is 11.9 Å². The number of anilines is 1. The van der Waals surface area contributed by atoms with Gasteiger partial charge in [0.05, 0.1) is 4.92 Å². The Morgan fingerprint density at radius 1 is 1.21 bits per heavy atom. The summed E-state index contributed by atoms with van der Waals surface area (Å²) in [6.07, 6.45) is 0. The van der Waals surface area contributed by atoms with E-state index in [1.807, 2.05) is 0 Å². The molecular formula is C14H13FN2O2. The van der Waals surface area contributed by atoms with Gasteiger partial charge in [-0.2, -0.15) is 0 Å². The van der Waals surface area contributed by atoms with Crippen molar-refractivity contribution in [1.82, 2.24) is 0 Å². The average molecular weight is 260 g/mol. The van der Waals surface area contributed by atoms with Crippen molar-refractivity contribution < 1.29 is 9.31 Å². The molecule has 0 radical (unpaired) electrons. The molecule has 19 heavy (non-hydrogen) atoms. The van der Waals surface area contributed by atoms with E-state index in [9.17, 15) is 14.5 Å². The molecule has 0 N–H and O–H groups in total. The summed E-state index contributed by atoms with van der Waals surface area (Å²) in [6.45, 7) is 0.405. The van der Waals surface area contributed by atoms with Gasteiger partial charge in [-0.3, -0.25) is 10.1 Å². The largest absolute Gasteiger partial charge is 0.365 e. The zero-order valence-electron chi connectivity index (χ0n) is 10.4. The Hall–Kier alpha value is -2.43. The summed E-state index contributed by atoms with van der Waals surface area (Å²) in [5.41, 5.74) is 1.32. The molecule has 0 saturated heterocycles. The second kappa shape index (κ2) is 5.48. The van der Waals surface area contributed by atoms with Gasteiger partial charge < -0.3 is 4.90 Å². The maximum atomic E-state index is 13.1. The summed E-state index contributed by atoms with van der Waals surface area (Å²) in [5.74, 6) is -0.312. The average Bonchev–Trinajstić information content (AvgIpc) is 2.38. The van der Waals surface area contributed by atoms with E-state index in [4.69, 9.17) is 0 Å². The Labute approximate surface area is 110 Å². The fourth-order valence-corrected chi connectivity index (χ4v) is 1.94. The first-order chi connectivity index (χ1) is 9.08. The van der Waals surface area contributed by atoms with Crippen LogP contribution in [0.5, 0.6) is 0 Å². The van der Waals surface area contributed by atoms with Crippen LogP contribution in [0.3, 0.4) is 0 Å². The molecule has 0 unspecified atom stereocenters. The van der Waals surface area contributed by atoms with Crippen LogP contribution in [0.1, 0.15) is 5.56 Å². The van der Waals surface area contributed by atoms with Crippen LogP contribution in [0.15, 0.2) is 48.5 Å². The highest BCUT2D eigenvalue weighted by molar-refractivity contribution is 5.62. The molecule has 5 heteroatoms. The van der Waals surface area contributed by atoms with E-state index in [0.717, 1.165) is 5.56 Å². The van der Waals surface area contributed by atoms with Gasteiger partial charge >= 0.3 is 0 Å². The fourth-order valence-electron chi connectivity index (χ4n) is 1.94. The number of rotatable bonds is 4. The zero-order valence-corrected chi connectivity index (χ0v) is 10.4. The normalized spacial score (nSPS) is 10.2. The lowest BCUT2D eigenvalue weighted by molar-refractivity contribution is -0.384. The molecule has 0 aromatic heterocycles. The number of benzene rings is 2. The lowest BCUT2D eigenvalue weighted by Crippen LogP contribution is -2.17. The monoisotopic (exact) mass is 260 g/mol. The molecule has 0 aliphatic heterocycles. The third-order valence-electron chi connectivity index (χ3n) is 2.80. The first-order valence-electron chi connectivity index (χ1n) is 5.77. The minimum Gasteiger partial charge on any atom is -0.365 e. The van der Waals surface area contributed by atoms with Crippen molar-refractivity contribution in [1.29, 1.82) is 0 Å². The van der Waals surface area contributed by atoms with Crippen LogP contribution in [0.4, 0.5) is 15.8 Å². The number of halogens is 1. The number of nitrogens with zero attached hydrogens (tertiary/aromatic N) is 2. The Bertz CT molecular complexity index is 602. The quantitative estimate of drug-likeness (QED) is 0.625. The van der Waals surface area contributed by atoms with Gasteiger partial charge in [-0.05, 0) is 23.8 Å². The minimum absolute atomic E-state index is 0.0430. The van der Waals surface area contributed by atoms with E-state index in [1.54, 1.807) is 42.3 Å². The molecular weight excluding hydrogens is 247 g/mol. The lowest BCUT2D eigenvalue weighted by atomic mass is 10.2. The van der Waals surface area contributed by atoms with E-state index >= 15 is 0 Å². The van der Waals surface area contributed by atoms with Gasteiger partial charge in [0.1, 0.15) is 11.5 Å². The van der Waals surface area contributed by atoms with Crippen LogP contribution in [0, 0.1) is 15.9 Å². The molecule has 0 fully saturated rings. The molecule has 0 bridgehead atoms. The molecule has 0 amide bonds. The summed E-state index contributed by atoms with van der Waals surface area (Å²) >= 11 is 0. The molecule has 0 aliphatic rings. The van der Waals surface area contributed by atoms with E-state index in [2.05, 4.69) is 0 Å². The molecule has 0 atom stereocenters. The van der Waals surface area contributed by atoms with Crippen LogP contribution >= 0.6 is 0 Å². The van der Waals surface area contributed by atoms with Gasteiger partial charge in [0, 0.05) is 19.7 Å². The Morgan fingerprint density at radius 2 is 1.95 bits per heavy atom. The van der Waals surface area contributed by atoms with Crippen molar-refractivity contribution in [2.24, 2.45) is 0 Å². The number of para-hydroxylation sites is 2. The first kappa shape index (κ1) is 13.0. The van der Waals surface area contributed by atoms with Crippen molar-refractivity contribution >= 4 is 11.4 Å². The predicted molar refractivity (Wildman–Crippen MR) is 71.6 cm³/mol. The second-order valence-corrected chi connectivity index (χ2v) is 4.23. The highest BCUT2D eigenvalue weighted by atomic mass is 19.1. The third-order valence-corrected chi connectivity index (χ3v) is 2.80. The summed E-state index contributed by atoms with van der Waals surface area (Å²) in [4.78, 5) is 12.3. The molecule has 0 spiro atoms. The number of nitro groups is 1. The first-order valence-corrected chi connectivity index (χ1v) is 5.77. The van der Waals surface area contributed by atoms with Gasteiger partial charge in [-0.15, -0.1) is 0 Å². The van der Waals surface area contributed by atoms with Crippen molar-refractivity contribution in [3.05, 3.63) is 70.0 Å². The van der Waals surface area contributed by atoms with E-state index in [-0.39, 0.29) is 11.5 Å². The molecule has 4 nitrogen and oxygen atoms in total. The molecule has 0 heterocycles. The Balaban J connectivity index is 2.25. The topological polar surface area (TPSA) is 46.4 Å². The summed E-state index contributed by atoms with van der Waals surface area (Å²) in [7, 11) is 1.74. The van der Waals surface area contributed by atoms with Crippen LogP contribution < -0.4 is 4.90 Å². The van der Waals surface area contributed by atoms with Gasteiger partial charge in [0.15, 0.2) is 0 Å². The fraction of sp³-hybridized carbons (Fsp3) is 0.143. The highest BCUT2D eigenvalue weighted by Gasteiger charge is 2.16. The van der Waals surface area contributed by atoms with Crippen molar-refractivity contribution in [3.63, 3.8) is 0 Å². The minimum atomic E-state index is -0.419. The van der Waals surface area contributed by atoms with E-state index in [0.29, 0.717) is 12.2 Å². The van der Waals surface area contributed by atoms with Crippen molar-refractivity contribution in [2.45, 2.75) is 6.54 Å². The summed E-state index contributed by atoms with van der Waals surface area (Å²) in [5, 5.41) is 11.0. The molecule has 0 aliphatic carbocycles. The summed E-state index contributed by atoms with van der Waals surface area (Å²) < 4.78 is 13.1. The van der Waals surface area contributed by atoms with Gasteiger partial charge in [0.2, 0.25) is 0 Å². The molecule has 2 rings (SSSR count). The summed E-state index contributed by atoms with van der Waals surface area (Å²) in [6, 6.07) is 12.7. The SMILES string of the molecule is CN(Cc1cccc(F)c1)c1ccccc1[N+](=O)[O-]. The van der Waals surface area contributed by atoms with Gasteiger partial charge in [-0.25, -0.2) is 4.39 Å². The molecule has 2 aromatic rings. The Morgan fingerprint density at radius 3 is 2.63 bits per heavy atom. The van der Waals surface area contributed by atoms with Crippen LogP contribution in [0.25, 0.3) is 0 Å².